The minimum Gasteiger partial charge on any atom is -0.508 e. The second-order valence-electron chi connectivity index (χ2n) is 7.72. The molecule has 0 aromatic heterocycles. The van der Waals surface area contributed by atoms with Crippen LogP contribution in [-0.4, -0.2) is 16.8 Å². The van der Waals surface area contributed by atoms with E-state index < -0.39 is 5.60 Å². The van der Waals surface area contributed by atoms with Gasteiger partial charge in [-0.25, -0.2) is 0 Å². The molecule has 1 atom stereocenters. The van der Waals surface area contributed by atoms with Gasteiger partial charge in [-0.15, -0.1) is 0 Å². The van der Waals surface area contributed by atoms with E-state index >= 15 is 0 Å². The molecule has 0 saturated carbocycles. The van der Waals surface area contributed by atoms with Crippen molar-refractivity contribution in [1.82, 2.24) is 0 Å². The first kappa shape index (κ1) is 18.6. The molecular formula is C26H23NO3. The second kappa shape index (κ2) is 7.15. The molecule has 1 unspecified atom stereocenters. The molecule has 1 aliphatic heterocycles. The van der Waals surface area contributed by atoms with Crippen LogP contribution in [0.3, 0.4) is 0 Å². The molecule has 0 bridgehead atoms. The fourth-order valence-corrected chi connectivity index (χ4v) is 4.24. The molecule has 5 rings (SSSR count). The van der Waals surface area contributed by atoms with Crippen LogP contribution in [0, 0.1) is 0 Å². The number of fused-ring (bicyclic) bond motifs is 2. The largest absolute Gasteiger partial charge is 0.508 e. The van der Waals surface area contributed by atoms with Crippen molar-refractivity contribution in [2.75, 3.05) is 6.54 Å². The van der Waals surface area contributed by atoms with Gasteiger partial charge in [0.25, 0.3) is 0 Å². The summed E-state index contributed by atoms with van der Waals surface area (Å²) in [6.07, 6.45) is 3.82. The number of hydrogen-bond acceptors (Lipinski definition) is 4. The molecule has 2 N–H and O–H groups in total. The molecule has 2 aromatic rings. The van der Waals surface area contributed by atoms with E-state index in [4.69, 9.17) is 4.42 Å². The van der Waals surface area contributed by atoms with Crippen LogP contribution >= 0.6 is 0 Å². The van der Waals surface area contributed by atoms with E-state index in [0.717, 1.165) is 41.3 Å². The normalized spacial score (nSPS) is 18.7. The summed E-state index contributed by atoms with van der Waals surface area (Å²) in [6.45, 7) is 2.94. The van der Waals surface area contributed by atoms with Crippen LogP contribution in [0.2, 0.25) is 0 Å². The van der Waals surface area contributed by atoms with E-state index in [9.17, 15) is 10.2 Å². The van der Waals surface area contributed by atoms with Crippen molar-refractivity contribution in [1.29, 1.82) is 0 Å². The predicted octanol–water partition coefficient (Wildman–Crippen LogP) is 5.39. The van der Waals surface area contributed by atoms with Gasteiger partial charge in [-0.3, -0.25) is 4.99 Å². The summed E-state index contributed by atoms with van der Waals surface area (Å²) in [4.78, 5) is 4.63. The minimum absolute atomic E-state index is 0.0992. The van der Waals surface area contributed by atoms with E-state index in [1.165, 1.54) is 0 Å². The second-order valence-corrected chi connectivity index (χ2v) is 7.72. The molecule has 150 valence electrons. The van der Waals surface area contributed by atoms with Gasteiger partial charge in [-0.1, -0.05) is 55.8 Å². The van der Waals surface area contributed by atoms with Crippen molar-refractivity contribution >= 4 is 17.0 Å². The van der Waals surface area contributed by atoms with Gasteiger partial charge in [-0.2, -0.15) is 0 Å². The predicted molar refractivity (Wildman–Crippen MR) is 118 cm³/mol. The van der Waals surface area contributed by atoms with Gasteiger partial charge in [0.1, 0.15) is 17.1 Å². The number of nitrogens with zero attached hydrogens (tertiary/aromatic N) is 1. The molecule has 4 heteroatoms. The minimum atomic E-state index is -1.62. The van der Waals surface area contributed by atoms with Gasteiger partial charge in [-0.05, 0) is 36.3 Å². The highest BCUT2D eigenvalue weighted by molar-refractivity contribution is 5.99. The van der Waals surface area contributed by atoms with Crippen LogP contribution < -0.4 is 5.36 Å². The standard InChI is InChI=1S/C26H23NO3/c1-2-3-14-27-18-12-13-19-20-16-24(28)26(29,17-8-5-4-6-9-17)21-10-7-11-22(25(20)21)30-23(19)15-18/h4-13,15-16,28-29H,2-3,14H2,1H3. The highest BCUT2D eigenvalue weighted by atomic mass is 16.3. The molecule has 0 spiro atoms. The maximum Gasteiger partial charge on any atom is 0.172 e. The zero-order chi connectivity index (χ0) is 20.7. The molecule has 1 heterocycles. The highest BCUT2D eigenvalue weighted by Gasteiger charge is 2.41. The molecule has 3 aliphatic rings. The summed E-state index contributed by atoms with van der Waals surface area (Å²) in [5.41, 5.74) is 2.00. The maximum absolute atomic E-state index is 11.6. The Morgan fingerprint density at radius 3 is 2.63 bits per heavy atom. The summed E-state index contributed by atoms with van der Waals surface area (Å²) in [5.74, 6) is 0.611. The third-order valence-electron chi connectivity index (χ3n) is 5.81. The summed E-state index contributed by atoms with van der Waals surface area (Å²) in [7, 11) is 0. The Labute approximate surface area is 174 Å². The Bertz CT molecular complexity index is 1300. The number of aliphatic hydroxyl groups excluding tert-OH is 1. The Kier molecular flexibility index (Phi) is 4.44. The van der Waals surface area contributed by atoms with Crippen LogP contribution in [0.1, 0.15) is 36.5 Å². The third kappa shape index (κ3) is 2.76. The van der Waals surface area contributed by atoms with Crippen LogP contribution in [0.4, 0.5) is 0 Å². The number of hydrogen-bond donors (Lipinski definition) is 2. The lowest BCUT2D eigenvalue weighted by Crippen LogP contribution is -2.32. The van der Waals surface area contributed by atoms with Crippen LogP contribution in [-0.2, 0) is 5.60 Å². The monoisotopic (exact) mass is 397 g/mol. The van der Waals surface area contributed by atoms with Crippen molar-refractivity contribution in [2.24, 2.45) is 4.99 Å². The molecule has 0 radical (unpaired) electrons. The molecule has 30 heavy (non-hydrogen) atoms. The summed E-state index contributed by atoms with van der Waals surface area (Å²) >= 11 is 0. The first-order valence-corrected chi connectivity index (χ1v) is 10.3. The topological polar surface area (TPSA) is 66.0 Å². The van der Waals surface area contributed by atoms with Gasteiger partial charge < -0.3 is 14.6 Å². The Morgan fingerprint density at radius 1 is 1.00 bits per heavy atom. The van der Waals surface area contributed by atoms with Crippen molar-refractivity contribution in [3.8, 4) is 11.3 Å². The van der Waals surface area contributed by atoms with Crippen molar-refractivity contribution in [2.45, 2.75) is 25.4 Å². The maximum atomic E-state index is 11.6. The van der Waals surface area contributed by atoms with E-state index in [-0.39, 0.29) is 5.76 Å². The van der Waals surface area contributed by atoms with Crippen molar-refractivity contribution in [3.05, 3.63) is 94.5 Å². The highest BCUT2D eigenvalue weighted by Crippen LogP contribution is 2.47. The lowest BCUT2D eigenvalue weighted by molar-refractivity contribution is 0.0738. The van der Waals surface area contributed by atoms with Crippen molar-refractivity contribution in [3.63, 3.8) is 0 Å². The molecule has 4 nitrogen and oxygen atoms in total. The Morgan fingerprint density at radius 2 is 1.83 bits per heavy atom. The zero-order valence-electron chi connectivity index (χ0n) is 16.8. The number of aliphatic hydroxyl groups is 2. The quantitative estimate of drug-likeness (QED) is 0.359. The van der Waals surface area contributed by atoms with Gasteiger partial charge in [0.05, 0.1) is 5.36 Å². The average molecular weight is 397 g/mol. The summed E-state index contributed by atoms with van der Waals surface area (Å²) < 4.78 is 6.23. The Balaban J connectivity index is 1.79. The SMILES string of the molecule is CCCCN=c1ccc2c3c4c(cccc4oc-2c1)C(O)(c1ccccc1)C(O)=C3. The van der Waals surface area contributed by atoms with Crippen LogP contribution in [0.25, 0.3) is 28.4 Å². The fraction of sp³-hybridized carbons (Fsp3) is 0.192. The summed E-state index contributed by atoms with van der Waals surface area (Å²) in [5, 5.41) is 24.3. The lowest BCUT2D eigenvalue weighted by atomic mass is 9.77. The van der Waals surface area contributed by atoms with Gasteiger partial charge in [0, 0.05) is 34.7 Å². The first-order valence-electron chi connectivity index (χ1n) is 10.3. The molecule has 0 fully saturated rings. The van der Waals surface area contributed by atoms with E-state index in [1.54, 1.807) is 6.08 Å². The molecule has 2 aliphatic carbocycles. The molecule has 2 aromatic carbocycles. The fourth-order valence-electron chi connectivity index (χ4n) is 4.24. The molecular weight excluding hydrogens is 374 g/mol. The Hall–Kier alpha value is -3.37. The smallest absolute Gasteiger partial charge is 0.172 e. The number of rotatable bonds is 4. The van der Waals surface area contributed by atoms with Gasteiger partial charge >= 0.3 is 0 Å². The van der Waals surface area contributed by atoms with E-state index in [0.29, 0.717) is 22.5 Å². The van der Waals surface area contributed by atoms with Crippen LogP contribution in [0.5, 0.6) is 0 Å². The average Bonchev–Trinajstić information content (AvgIpc) is 2.78. The van der Waals surface area contributed by atoms with E-state index in [2.05, 4.69) is 11.9 Å². The zero-order valence-corrected chi connectivity index (χ0v) is 16.8. The number of unbranched alkanes of at least 4 members (excludes halogenated alkanes) is 1. The van der Waals surface area contributed by atoms with Crippen LogP contribution in [0.15, 0.2) is 81.9 Å². The van der Waals surface area contributed by atoms with E-state index in [1.807, 2.05) is 66.7 Å². The van der Waals surface area contributed by atoms with Gasteiger partial charge in [0.2, 0.25) is 0 Å². The number of benzene rings is 3. The summed E-state index contributed by atoms with van der Waals surface area (Å²) in [6, 6.07) is 20.7. The molecule has 0 amide bonds. The third-order valence-corrected chi connectivity index (χ3v) is 5.81. The van der Waals surface area contributed by atoms with Crippen molar-refractivity contribution < 1.29 is 14.6 Å². The lowest BCUT2D eigenvalue weighted by Gasteiger charge is -2.33. The first-order chi connectivity index (χ1) is 14.6. The van der Waals surface area contributed by atoms with Gasteiger partial charge in [0.15, 0.2) is 5.60 Å². The molecule has 0 saturated heterocycles.